The molecular formula is C33H36N12O5S. The van der Waals surface area contributed by atoms with Gasteiger partial charge in [0.25, 0.3) is 11.8 Å². The first-order valence-corrected chi connectivity index (χ1v) is 17.5. The molecule has 0 bridgehead atoms. The number of sulfonamides is 1. The van der Waals surface area contributed by atoms with E-state index < -0.39 is 27.7 Å². The molecule has 264 valence electrons. The zero-order valence-corrected chi connectivity index (χ0v) is 29.1. The Kier molecular flexibility index (Phi) is 9.28. The molecule has 0 spiro atoms. The minimum atomic E-state index is -4.01. The van der Waals surface area contributed by atoms with Gasteiger partial charge in [0.1, 0.15) is 11.4 Å². The Morgan fingerprint density at radius 2 is 1.22 bits per heavy atom. The summed E-state index contributed by atoms with van der Waals surface area (Å²) in [4.78, 5) is 47.6. The second-order valence-corrected chi connectivity index (χ2v) is 13.3. The Hall–Kier alpha value is -6.14. The first kappa shape index (κ1) is 34.7. The van der Waals surface area contributed by atoms with Crippen LogP contribution in [0.5, 0.6) is 0 Å². The number of benzene rings is 2. The van der Waals surface area contributed by atoms with Crippen LogP contribution in [0.2, 0.25) is 0 Å². The van der Waals surface area contributed by atoms with Crippen molar-refractivity contribution in [3.63, 3.8) is 0 Å². The number of imidazole rings is 2. The van der Waals surface area contributed by atoms with Gasteiger partial charge < -0.3 is 14.9 Å². The zero-order chi connectivity index (χ0) is 36.6. The van der Waals surface area contributed by atoms with Crippen molar-refractivity contribution >= 4 is 61.7 Å². The lowest BCUT2D eigenvalue weighted by Crippen LogP contribution is -2.20. The van der Waals surface area contributed by atoms with Gasteiger partial charge in [-0.2, -0.15) is 10.2 Å². The van der Waals surface area contributed by atoms with E-state index in [0.717, 1.165) is 0 Å². The maximum Gasteiger partial charge on any atom is 0.276 e. The summed E-state index contributed by atoms with van der Waals surface area (Å²) in [6.07, 6.45) is 3.67. The van der Waals surface area contributed by atoms with E-state index in [-0.39, 0.29) is 35.4 Å². The first-order chi connectivity index (χ1) is 24.3. The van der Waals surface area contributed by atoms with E-state index in [9.17, 15) is 22.8 Å². The Labute approximate surface area is 292 Å². The molecule has 0 aliphatic carbocycles. The quantitative estimate of drug-likeness (QED) is 0.136. The number of nitrogens with one attached hydrogen (secondary N) is 2. The summed E-state index contributed by atoms with van der Waals surface area (Å²) in [5.74, 6) is -1.04. The Bertz CT molecular complexity index is 2490. The largest absolute Gasteiger partial charge is 0.366 e. The van der Waals surface area contributed by atoms with Crippen LogP contribution in [-0.4, -0.2) is 64.8 Å². The molecule has 4 heterocycles. The summed E-state index contributed by atoms with van der Waals surface area (Å²) < 4.78 is 30.8. The fourth-order valence-electron chi connectivity index (χ4n) is 5.76. The molecule has 0 saturated carbocycles. The van der Waals surface area contributed by atoms with Gasteiger partial charge in [-0.25, -0.2) is 23.5 Å². The number of hydrogen-bond acceptors (Lipinski definition) is 9. The molecular weight excluding hydrogens is 677 g/mol. The van der Waals surface area contributed by atoms with E-state index in [0.29, 0.717) is 57.9 Å². The number of fused-ring (bicyclic) bond motifs is 2. The third-order valence-electron chi connectivity index (χ3n) is 8.14. The number of rotatable bonds is 12. The number of hydrogen-bond donors (Lipinski definition) is 4. The van der Waals surface area contributed by atoms with Crippen LogP contribution >= 0.6 is 0 Å². The fraction of sp³-hybridized carbons (Fsp3) is 0.242. The molecule has 6 aromatic rings. The fourth-order valence-corrected chi connectivity index (χ4v) is 6.29. The molecule has 0 fully saturated rings. The summed E-state index contributed by atoms with van der Waals surface area (Å²) in [6.45, 7) is 8.77. The molecule has 0 saturated heterocycles. The minimum absolute atomic E-state index is 0.119. The number of primary amides is 1. The van der Waals surface area contributed by atoms with Crippen molar-refractivity contribution in [2.75, 3.05) is 10.6 Å². The topological polar surface area (TPSA) is 233 Å². The predicted octanol–water partition coefficient (Wildman–Crippen LogP) is 2.94. The number of amides is 3. The Morgan fingerprint density at radius 1 is 0.745 bits per heavy atom. The van der Waals surface area contributed by atoms with Gasteiger partial charge in [0.2, 0.25) is 27.8 Å². The maximum atomic E-state index is 13.4. The molecule has 0 aliphatic heterocycles. The van der Waals surface area contributed by atoms with Crippen LogP contribution in [0.4, 0.5) is 11.9 Å². The minimum Gasteiger partial charge on any atom is -0.366 e. The highest BCUT2D eigenvalue weighted by molar-refractivity contribution is 7.89. The highest BCUT2D eigenvalue weighted by Crippen LogP contribution is 2.25. The Morgan fingerprint density at radius 3 is 1.67 bits per heavy atom. The van der Waals surface area contributed by atoms with Crippen LogP contribution in [-0.2, 0) is 36.2 Å². The van der Waals surface area contributed by atoms with Crippen molar-refractivity contribution in [2.45, 2.75) is 58.8 Å². The molecule has 51 heavy (non-hydrogen) atoms. The summed E-state index contributed by atoms with van der Waals surface area (Å²) in [5, 5.41) is 19.8. The van der Waals surface area contributed by atoms with E-state index in [2.05, 4.69) is 30.8 Å². The number of primary sulfonamides is 1. The molecule has 6 rings (SSSR count). The number of anilines is 2. The number of nitrogens with zero attached hydrogens (tertiary/aromatic N) is 8. The number of allylic oxidation sites excluding steroid dienone is 2. The van der Waals surface area contributed by atoms with Gasteiger partial charge in [-0.05, 0) is 76.2 Å². The molecule has 0 unspecified atom stereocenters. The molecule has 6 N–H and O–H groups in total. The van der Waals surface area contributed by atoms with Crippen LogP contribution in [0.25, 0.3) is 22.1 Å². The van der Waals surface area contributed by atoms with Crippen molar-refractivity contribution in [3.8, 4) is 0 Å². The molecule has 17 nitrogen and oxygen atoms in total. The van der Waals surface area contributed by atoms with Gasteiger partial charge in [-0.3, -0.25) is 34.4 Å². The van der Waals surface area contributed by atoms with Crippen LogP contribution < -0.4 is 21.5 Å². The Balaban J connectivity index is 1.33. The van der Waals surface area contributed by atoms with Crippen LogP contribution in [0.15, 0.2) is 65.6 Å². The van der Waals surface area contributed by atoms with E-state index in [1.165, 1.54) is 12.1 Å². The molecule has 18 heteroatoms. The smallest absolute Gasteiger partial charge is 0.276 e. The van der Waals surface area contributed by atoms with Gasteiger partial charge in [0.05, 0.1) is 38.4 Å². The van der Waals surface area contributed by atoms with Crippen LogP contribution in [0.3, 0.4) is 0 Å². The number of nitrogens with two attached hydrogens (primary N) is 2. The summed E-state index contributed by atoms with van der Waals surface area (Å²) in [5.41, 5.74) is 9.80. The second-order valence-electron chi connectivity index (χ2n) is 11.7. The van der Waals surface area contributed by atoms with Crippen LogP contribution in [0.1, 0.15) is 56.6 Å². The maximum absolute atomic E-state index is 13.4. The van der Waals surface area contributed by atoms with Crippen molar-refractivity contribution in [1.29, 1.82) is 0 Å². The second kappa shape index (κ2) is 13.6. The van der Waals surface area contributed by atoms with Crippen LogP contribution in [0, 0.1) is 13.8 Å². The van der Waals surface area contributed by atoms with E-state index >= 15 is 0 Å². The molecule has 0 aliphatic rings. The number of aryl methyl sites for hydroxylation is 4. The van der Waals surface area contributed by atoms with Gasteiger partial charge in [-0.1, -0.05) is 12.2 Å². The van der Waals surface area contributed by atoms with Gasteiger partial charge in [0, 0.05) is 31.7 Å². The van der Waals surface area contributed by atoms with Crippen molar-refractivity contribution in [1.82, 2.24) is 38.7 Å². The molecule has 0 atom stereocenters. The number of carbonyl (C=O) groups is 3. The zero-order valence-electron chi connectivity index (χ0n) is 28.3. The molecule has 2 aromatic carbocycles. The molecule has 3 amide bonds. The average Bonchev–Trinajstić information content (AvgIpc) is 3.84. The van der Waals surface area contributed by atoms with Gasteiger partial charge in [0.15, 0.2) is 0 Å². The summed E-state index contributed by atoms with van der Waals surface area (Å²) in [7, 11) is -4.01. The lowest BCUT2D eigenvalue weighted by Gasteiger charge is -2.10. The SMILES string of the molecule is CCn1nc(C)cc1C(=O)Nc1nc2cc(C(N)=O)ccc2n1CC=CCn1c(NC(=O)c2cc(C)nn2CC)nc2cc(S(N)(=O)=O)ccc21. The van der Waals surface area contributed by atoms with Gasteiger partial charge in [-0.15, -0.1) is 0 Å². The number of aromatic nitrogens is 8. The first-order valence-electron chi connectivity index (χ1n) is 16.0. The summed E-state index contributed by atoms with van der Waals surface area (Å²) in [6, 6.07) is 12.5. The number of carbonyl (C=O) groups excluding carboxylic acids is 3. The highest BCUT2D eigenvalue weighted by Gasteiger charge is 2.21. The van der Waals surface area contributed by atoms with Gasteiger partial charge >= 0.3 is 0 Å². The third-order valence-corrected chi connectivity index (χ3v) is 9.05. The predicted molar refractivity (Wildman–Crippen MR) is 190 cm³/mol. The van der Waals surface area contributed by atoms with Crippen molar-refractivity contribution < 1.29 is 22.8 Å². The lowest BCUT2D eigenvalue weighted by molar-refractivity contribution is 0.0995. The van der Waals surface area contributed by atoms with E-state index in [1.807, 2.05) is 26.0 Å². The standard InChI is InChI=1S/C33H36N12O5S/c1-5-44-27(15-19(3)40-44)30(47)38-32-36-23-17-21(29(34)46)9-11-25(23)42(32)13-7-8-14-43-26-12-10-22(51(35,49)50)18-24(26)37-33(43)39-31(48)28-16-20(4)41-45(28)6-2/h7-12,15-18H,5-6,13-14H2,1-4H3,(H2,34,46)(H2,35,49,50)(H,36,38,47)(H,37,39,48). The van der Waals surface area contributed by atoms with E-state index in [4.69, 9.17) is 10.9 Å². The lowest BCUT2D eigenvalue weighted by atomic mass is 10.2. The van der Waals surface area contributed by atoms with Crippen molar-refractivity contribution in [2.24, 2.45) is 10.9 Å². The summed E-state index contributed by atoms with van der Waals surface area (Å²) >= 11 is 0. The van der Waals surface area contributed by atoms with Crippen molar-refractivity contribution in [3.05, 3.63) is 89.0 Å². The third kappa shape index (κ3) is 6.99. The van der Waals surface area contributed by atoms with E-state index in [1.54, 1.807) is 68.7 Å². The monoisotopic (exact) mass is 712 g/mol. The normalized spacial score (nSPS) is 11.9. The highest BCUT2D eigenvalue weighted by atomic mass is 32.2. The molecule has 4 aromatic heterocycles. The average molecular weight is 713 g/mol. The molecule has 0 radical (unpaired) electrons.